The SMILES string of the molecule is Nc1c(F)ccc(NCC2CCCOC2)c1C(=O)O. The number of hydrogen-bond acceptors (Lipinski definition) is 4. The van der Waals surface area contributed by atoms with E-state index < -0.39 is 11.8 Å². The maximum Gasteiger partial charge on any atom is 0.340 e. The zero-order valence-corrected chi connectivity index (χ0v) is 10.5. The monoisotopic (exact) mass is 268 g/mol. The number of carboxylic acids is 1. The van der Waals surface area contributed by atoms with Crippen molar-refractivity contribution in [3.05, 3.63) is 23.5 Å². The van der Waals surface area contributed by atoms with E-state index in [2.05, 4.69) is 5.32 Å². The largest absolute Gasteiger partial charge is 0.478 e. The van der Waals surface area contributed by atoms with Gasteiger partial charge in [0.05, 0.1) is 18.0 Å². The number of nitrogens with one attached hydrogen (secondary N) is 1. The topological polar surface area (TPSA) is 84.6 Å². The van der Waals surface area contributed by atoms with Crippen LogP contribution in [0.5, 0.6) is 0 Å². The molecule has 1 aliphatic rings. The van der Waals surface area contributed by atoms with E-state index in [0.717, 1.165) is 19.4 Å². The van der Waals surface area contributed by atoms with Gasteiger partial charge in [-0.2, -0.15) is 0 Å². The molecule has 1 aromatic carbocycles. The van der Waals surface area contributed by atoms with Gasteiger partial charge in [0, 0.05) is 13.2 Å². The van der Waals surface area contributed by atoms with Crippen LogP contribution in [0.4, 0.5) is 15.8 Å². The zero-order valence-electron chi connectivity index (χ0n) is 10.5. The Bertz CT molecular complexity index is 473. The second-order valence-electron chi connectivity index (χ2n) is 4.65. The number of halogens is 1. The molecule has 0 saturated carbocycles. The standard InChI is InChI=1S/C13H17FN2O3/c14-9-3-4-10(11(12(9)15)13(17)18)16-6-8-2-1-5-19-7-8/h3-4,8,16H,1-2,5-7,15H2,(H,17,18). The van der Waals surface area contributed by atoms with Crippen molar-refractivity contribution in [2.45, 2.75) is 12.8 Å². The molecular weight excluding hydrogens is 251 g/mol. The van der Waals surface area contributed by atoms with Crippen molar-refractivity contribution in [1.82, 2.24) is 0 Å². The molecule has 1 unspecified atom stereocenters. The van der Waals surface area contributed by atoms with E-state index in [1.807, 2.05) is 0 Å². The van der Waals surface area contributed by atoms with E-state index in [0.29, 0.717) is 24.8 Å². The number of ether oxygens (including phenoxy) is 1. The van der Waals surface area contributed by atoms with Crippen molar-refractivity contribution in [1.29, 1.82) is 0 Å². The Kier molecular flexibility index (Phi) is 4.21. The van der Waals surface area contributed by atoms with Crippen LogP contribution in [0.15, 0.2) is 12.1 Å². The molecule has 1 saturated heterocycles. The Hall–Kier alpha value is -1.82. The molecule has 1 aromatic rings. The van der Waals surface area contributed by atoms with Gasteiger partial charge < -0.3 is 20.9 Å². The molecule has 2 rings (SSSR count). The highest BCUT2D eigenvalue weighted by molar-refractivity contribution is 6.00. The normalized spacial score (nSPS) is 19.1. The summed E-state index contributed by atoms with van der Waals surface area (Å²) in [5.74, 6) is -1.62. The molecule has 0 radical (unpaired) electrons. The third-order valence-corrected chi connectivity index (χ3v) is 3.24. The Morgan fingerprint density at radius 3 is 3.00 bits per heavy atom. The van der Waals surface area contributed by atoms with Crippen LogP contribution in [0, 0.1) is 11.7 Å². The molecule has 0 aliphatic carbocycles. The fourth-order valence-electron chi connectivity index (χ4n) is 2.19. The Morgan fingerprint density at radius 2 is 2.37 bits per heavy atom. The molecule has 1 atom stereocenters. The summed E-state index contributed by atoms with van der Waals surface area (Å²) >= 11 is 0. The molecular formula is C13H17FN2O3. The highest BCUT2D eigenvalue weighted by Crippen LogP contribution is 2.26. The Balaban J connectivity index is 2.11. The predicted octanol–water partition coefficient (Wildman–Crippen LogP) is 1.94. The summed E-state index contributed by atoms with van der Waals surface area (Å²) in [7, 11) is 0. The van der Waals surface area contributed by atoms with E-state index in [1.54, 1.807) is 0 Å². The van der Waals surface area contributed by atoms with Crippen molar-refractivity contribution in [3.63, 3.8) is 0 Å². The quantitative estimate of drug-likeness (QED) is 0.727. The molecule has 1 fully saturated rings. The number of aromatic carboxylic acids is 1. The first-order valence-electron chi connectivity index (χ1n) is 6.22. The molecule has 4 N–H and O–H groups in total. The number of hydrogen-bond donors (Lipinski definition) is 3. The first-order chi connectivity index (χ1) is 9.09. The molecule has 1 heterocycles. The average Bonchev–Trinajstić information content (AvgIpc) is 2.41. The van der Waals surface area contributed by atoms with Gasteiger partial charge in [0.25, 0.3) is 0 Å². The summed E-state index contributed by atoms with van der Waals surface area (Å²) in [6, 6.07) is 2.57. The minimum absolute atomic E-state index is 0.211. The van der Waals surface area contributed by atoms with E-state index >= 15 is 0 Å². The van der Waals surface area contributed by atoms with E-state index in [1.165, 1.54) is 12.1 Å². The van der Waals surface area contributed by atoms with Gasteiger partial charge in [-0.25, -0.2) is 9.18 Å². The number of rotatable bonds is 4. The van der Waals surface area contributed by atoms with Crippen LogP contribution < -0.4 is 11.1 Å². The number of carbonyl (C=O) groups is 1. The predicted molar refractivity (Wildman–Crippen MR) is 69.8 cm³/mol. The van der Waals surface area contributed by atoms with Crippen LogP contribution in [0.3, 0.4) is 0 Å². The minimum Gasteiger partial charge on any atom is -0.478 e. The highest BCUT2D eigenvalue weighted by atomic mass is 19.1. The number of benzene rings is 1. The molecule has 0 bridgehead atoms. The lowest BCUT2D eigenvalue weighted by Gasteiger charge is -2.23. The molecule has 1 aliphatic heterocycles. The summed E-state index contributed by atoms with van der Waals surface area (Å²) in [4.78, 5) is 11.1. The smallest absolute Gasteiger partial charge is 0.340 e. The van der Waals surface area contributed by atoms with Gasteiger partial charge in [0.1, 0.15) is 11.4 Å². The lowest BCUT2D eigenvalue weighted by Crippen LogP contribution is -2.25. The van der Waals surface area contributed by atoms with Gasteiger partial charge in [-0.05, 0) is 30.9 Å². The van der Waals surface area contributed by atoms with Crippen molar-refractivity contribution in [2.24, 2.45) is 5.92 Å². The summed E-state index contributed by atoms with van der Waals surface area (Å²) in [5, 5.41) is 12.1. The fourth-order valence-corrected chi connectivity index (χ4v) is 2.19. The maximum atomic E-state index is 13.3. The summed E-state index contributed by atoms with van der Waals surface area (Å²) in [6.07, 6.45) is 2.04. The van der Waals surface area contributed by atoms with Crippen LogP contribution in [0.25, 0.3) is 0 Å². The van der Waals surface area contributed by atoms with Gasteiger partial charge in [-0.1, -0.05) is 0 Å². The number of nitrogens with two attached hydrogens (primary N) is 1. The van der Waals surface area contributed by atoms with Gasteiger partial charge in [0.2, 0.25) is 0 Å². The van der Waals surface area contributed by atoms with Crippen LogP contribution in [0.1, 0.15) is 23.2 Å². The number of anilines is 2. The van der Waals surface area contributed by atoms with Crippen molar-refractivity contribution in [2.75, 3.05) is 30.8 Å². The molecule has 5 nitrogen and oxygen atoms in total. The molecule has 6 heteroatoms. The van der Waals surface area contributed by atoms with Crippen molar-refractivity contribution in [3.8, 4) is 0 Å². The van der Waals surface area contributed by atoms with E-state index in [4.69, 9.17) is 15.6 Å². The first-order valence-corrected chi connectivity index (χ1v) is 6.22. The Labute approximate surface area is 110 Å². The van der Waals surface area contributed by atoms with E-state index in [-0.39, 0.29) is 11.3 Å². The second kappa shape index (κ2) is 5.88. The molecule has 0 spiro atoms. The third-order valence-electron chi connectivity index (χ3n) is 3.24. The number of nitrogen functional groups attached to an aromatic ring is 1. The van der Waals surface area contributed by atoms with Crippen LogP contribution >= 0.6 is 0 Å². The van der Waals surface area contributed by atoms with Gasteiger partial charge in [-0.3, -0.25) is 0 Å². The molecule has 104 valence electrons. The average molecular weight is 268 g/mol. The van der Waals surface area contributed by atoms with Crippen LogP contribution in [-0.2, 0) is 4.74 Å². The van der Waals surface area contributed by atoms with Gasteiger partial charge in [0.15, 0.2) is 0 Å². The third kappa shape index (κ3) is 3.14. The van der Waals surface area contributed by atoms with Crippen molar-refractivity contribution < 1.29 is 19.0 Å². The first kappa shape index (κ1) is 13.6. The molecule has 0 aromatic heterocycles. The highest BCUT2D eigenvalue weighted by Gasteiger charge is 2.19. The summed E-state index contributed by atoms with van der Waals surface area (Å²) in [6.45, 7) is 2.03. The second-order valence-corrected chi connectivity index (χ2v) is 4.65. The maximum absolute atomic E-state index is 13.3. The fraction of sp³-hybridized carbons (Fsp3) is 0.462. The minimum atomic E-state index is -1.24. The zero-order chi connectivity index (χ0) is 13.8. The van der Waals surface area contributed by atoms with E-state index in [9.17, 15) is 9.18 Å². The number of carboxylic acid groups (broad SMARTS) is 1. The Morgan fingerprint density at radius 1 is 1.58 bits per heavy atom. The lowest BCUT2D eigenvalue weighted by atomic mass is 10.0. The van der Waals surface area contributed by atoms with Crippen LogP contribution in [-0.4, -0.2) is 30.8 Å². The molecule has 0 amide bonds. The van der Waals surface area contributed by atoms with Gasteiger partial charge in [-0.15, -0.1) is 0 Å². The summed E-state index contributed by atoms with van der Waals surface area (Å²) < 4.78 is 18.6. The van der Waals surface area contributed by atoms with Gasteiger partial charge >= 0.3 is 5.97 Å². The lowest BCUT2D eigenvalue weighted by molar-refractivity contribution is 0.0595. The van der Waals surface area contributed by atoms with Crippen LogP contribution in [0.2, 0.25) is 0 Å². The summed E-state index contributed by atoms with van der Waals surface area (Å²) in [5.41, 5.74) is 5.27. The van der Waals surface area contributed by atoms with Crippen molar-refractivity contribution >= 4 is 17.3 Å². The molecule has 19 heavy (non-hydrogen) atoms.